The van der Waals surface area contributed by atoms with E-state index in [2.05, 4.69) is 19.6 Å². The molecule has 170 valence electrons. The molecule has 0 saturated carbocycles. The molecule has 1 aromatic carbocycles. The number of benzene rings is 1. The highest BCUT2D eigenvalue weighted by Crippen LogP contribution is 2.44. The van der Waals surface area contributed by atoms with E-state index in [1.54, 1.807) is 30.5 Å². The van der Waals surface area contributed by atoms with E-state index in [0.717, 1.165) is 23.1 Å². The maximum atomic E-state index is 12.6. The first-order chi connectivity index (χ1) is 16.1. The SMILES string of the molecule is Nc1nccc(-c2sc(N3CCOCC3)nc2-c2cccc(N[S+]([O-])c3ccco3)c2Cl)n1. The van der Waals surface area contributed by atoms with Crippen LogP contribution in [0, 0.1) is 0 Å². The first kappa shape index (κ1) is 22.0. The molecule has 0 radical (unpaired) electrons. The van der Waals surface area contributed by atoms with Gasteiger partial charge in [-0.25, -0.2) is 15.0 Å². The number of morpholine rings is 1. The number of hydrogen-bond acceptors (Lipinski definition) is 10. The fourth-order valence-corrected chi connectivity index (χ4v) is 5.60. The molecule has 5 rings (SSSR count). The lowest BCUT2D eigenvalue weighted by molar-refractivity contribution is 0.122. The topological polar surface area (TPSA) is 125 Å². The van der Waals surface area contributed by atoms with Crippen molar-refractivity contribution in [1.29, 1.82) is 0 Å². The van der Waals surface area contributed by atoms with Gasteiger partial charge in [0.2, 0.25) is 5.95 Å². The smallest absolute Gasteiger partial charge is 0.338 e. The monoisotopic (exact) mass is 502 g/mol. The maximum Gasteiger partial charge on any atom is 0.338 e. The van der Waals surface area contributed by atoms with Crippen LogP contribution in [0.2, 0.25) is 5.02 Å². The number of hydrogen-bond donors (Lipinski definition) is 2. The Morgan fingerprint density at radius 2 is 2.00 bits per heavy atom. The molecule has 4 heterocycles. The summed E-state index contributed by atoms with van der Waals surface area (Å²) in [5, 5.41) is 1.53. The summed E-state index contributed by atoms with van der Waals surface area (Å²) in [6, 6.07) is 10.6. The van der Waals surface area contributed by atoms with Gasteiger partial charge in [0.05, 0.1) is 40.8 Å². The molecule has 0 bridgehead atoms. The standard InChI is InChI=1S/C21H19ClN6O3S2/c22-17-13(3-1-4-14(17)27-33(29)16-5-2-10-31-16)18-19(15-6-7-24-20(23)25-15)32-21(26-18)28-8-11-30-12-9-28/h1-7,10,27H,8-9,11-12H2,(H2,23,24,25). The molecule has 3 N–H and O–H groups in total. The van der Waals surface area contributed by atoms with Gasteiger partial charge in [0, 0.05) is 30.9 Å². The Morgan fingerprint density at radius 3 is 2.76 bits per heavy atom. The van der Waals surface area contributed by atoms with Gasteiger partial charge in [0.15, 0.2) is 5.13 Å². The fourth-order valence-electron chi connectivity index (χ4n) is 3.37. The molecule has 12 heteroatoms. The zero-order valence-electron chi connectivity index (χ0n) is 17.2. The second kappa shape index (κ2) is 9.57. The molecule has 0 aliphatic carbocycles. The van der Waals surface area contributed by atoms with E-state index in [1.165, 1.54) is 17.6 Å². The number of thiazole rings is 1. The fraction of sp³-hybridized carbons (Fsp3) is 0.190. The first-order valence-corrected chi connectivity index (χ1v) is 12.4. The van der Waals surface area contributed by atoms with Gasteiger partial charge in [0.25, 0.3) is 0 Å². The van der Waals surface area contributed by atoms with Crippen LogP contribution < -0.4 is 15.4 Å². The van der Waals surface area contributed by atoms with Gasteiger partial charge >= 0.3 is 5.09 Å². The predicted molar refractivity (Wildman–Crippen MR) is 130 cm³/mol. The van der Waals surface area contributed by atoms with Crippen LogP contribution in [0.25, 0.3) is 21.8 Å². The van der Waals surface area contributed by atoms with Crippen molar-refractivity contribution in [2.24, 2.45) is 0 Å². The van der Waals surface area contributed by atoms with E-state index < -0.39 is 11.4 Å². The van der Waals surface area contributed by atoms with Crippen LogP contribution in [-0.4, -0.2) is 45.8 Å². The third-order valence-electron chi connectivity index (χ3n) is 4.94. The van der Waals surface area contributed by atoms with Crippen molar-refractivity contribution in [1.82, 2.24) is 15.0 Å². The third kappa shape index (κ3) is 4.63. The molecule has 33 heavy (non-hydrogen) atoms. The molecule has 0 spiro atoms. The second-order valence-corrected chi connectivity index (χ2v) is 9.54. The van der Waals surface area contributed by atoms with Crippen LogP contribution >= 0.6 is 22.9 Å². The van der Waals surface area contributed by atoms with Crippen LogP contribution in [0.3, 0.4) is 0 Å². The molecule has 1 fully saturated rings. The van der Waals surface area contributed by atoms with E-state index in [9.17, 15) is 4.55 Å². The lowest BCUT2D eigenvalue weighted by atomic mass is 10.1. The summed E-state index contributed by atoms with van der Waals surface area (Å²) in [6.45, 7) is 2.78. The summed E-state index contributed by atoms with van der Waals surface area (Å²) >= 11 is 6.69. The Balaban J connectivity index is 1.57. The van der Waals surface area contributed by atoms with E-state index in [1.807, 2.05) is 12.1 Å². The molecule has 1 aliphatic heterocycles. The van der Waals surface area contributed by atoms with Crippen molar-refractivity contribution < 1.29 is 13.7 Å². The Labute approximate surface area is 201 Å². The summed E-state index contributed by atoms with van der Waals surface area (Å²) in [4.78, 5) is 16.3. The second-order valence-electron chi connectivity index (χ2n) is 7.04. The van der Waals surface area contributed by atoms with Crippen molar-refractivity contribution >= 4 is 51.1 Å². The number of anilines is 3. The average molecular weight is 503 g/mol. The Morgan fingerprint density at radius 1 is 1.15 bits per heavy atom. The van der Waals surface area contributed by atoms with Crippen molar-refractivity contribution in [3.05, 3.63) is 53.9 Å². The summed E-state index contributed by atoms with van der Waals surface area (Å²) in [5.74, 6) is 0.176. The normalized spacial score (nSPS) is 14.9. The molecule has 1 saturated heterocycles. The molecular formula is C21H19ClN6O3S2. The summed E-state index contributed by atoms with van der Waals surface area (Å²) < 4.78 is 26.2. The summed E-state index contributed by atoms with van der Waals surface area (Å²) in [7, 11) is 0. The van der Waals surface area contributed by atoms with E-state index in [0.29, 0.717) is 46.0 Å². The van der Waals surface area contributed by atoms with E-state index >= 15 is 0 Å². The molecule has 4 aromatic rings. The summed E-state index contributed by atoms with van der Waals surface area (Å²) in [5.41, 5.74) is 8.35. The largest absolute Gasteiger partial charge is 0.585 e. The molecule has 1 aliphatic rings. The number of halogens is 1. The van der Waals surface area contributed by atoms with Gasteiger partial charge < -0.3 is 24.3 Å². The highest BCUT2D eigenvalue weighted by Gasteiger charge is 2.25. The van der Waals surface area contributed by atoms with Crippen LogP contribution in [0.4, 0.5) is 16.8 Å². The predicted octanol–water partition coefficient (Wildman–Crippen LogP) is 4.07. The molecule has 9 nitrogen and oxygen atoms in total. The van der Waals surface area contributed by atoms with E-state index in [-0.39, 0.29) is 5.95 Å². The Bertz CT molecular complexity index is 1250. The zero-order valence-corrected chi connectivity index (χ0v) is 19.6. The van der Waals surface area contributed by atoms with Gasteiger partial charge in [-0.05, 0) is 18.2 Å². The Kier molecular flexibility index (Phi) is 6.38. The minimum absolute atomic E-state index is 0.176. The highest BCUT2D eigenvalue weighted by atomic mass is 35.5. The van der Waals surface area contributed by atoms with Crippen LogP contribution in [0.5, 0.6) is 0 Å². The number of nitrogens with zero attached hydrogens (tertiary/aromatic N) is 4. The summed E-state index contributed by atoms with van der Waals surface area (Å²) in [6.07, 6.45) is 3.08. The molecule has 1 unspecified atom stereocenters. The Hall–Kier alpha value is -2.83. The number of nitrogens with one attached hydrogen (secondary N) is 1. The first-order valence-electron chi connectivity index (χ1n) is 10.0. The maximum absolute atomic E-state index is 12.6. The number of nitrogens with two attached hydrogens (primary N) is 1. The molecule has 3 aromatic heterocycles. The number of aromatic nitrogens is 3. The quantitative estimate of drug-likeness (QED) is 0.375. The van der Waals surface area contributed by atoms with Gasteiger partial charge in [0.1, 0.15) is 17.0 Å². The molecular weight excluding hydrogens is 484 g/mol. The van der Waals surface area contributed by atoms with Crippen LogP contribution in [0.1, 0.15) is 0 Å². The number of ether oxygens (including phenoxy) is 1. The van der Waals surface area contributed by atoms with Crippen molar-refractivity contribution in [3.8, 4) is 21.8 Å². The highest BCUT2D eigenvalue weighted by molar-refractivity contribution is 7.92. The number of nitrogen functional groups attached to an aromatic ring is 1. The molecule has 0 amide bonds. The van der Waals surface area contributed by atoms with Crippen LogP contribution in [0.15, 0.2) is 58.4 Å². The number of rotatable bonds is 6. The zero-order chi connectivity index (χ0) is 22.8. The average Bonchev–Trinajstić information content (AvgIpc) is 3.52. The minimum atomic E-state index is -1.60. The number of furan rings is 1. The van der Waals surface area contributed by atoms with Gasteiger partial charge in [-0.3, -0.25) is 0 Å². The minimum Gasteiger partial charge on any atom is -0.585 e. The van der Waals surface area contributed by atoms with Crippen molar-refractivity contribution in [2.45, 2.75) is 5.09 Å². The lowest BCUT2D eigenvalue weighted by Crippen LogP contribution is -2.36. The van der Waals surface area contributed by atoms with Crippen LogP contribution in [-0.2, 0) is 16.1 Å². The van der Waals surface area contributed by atoms with Gasteiger partial charge in [-0.2, -0.15) is 4.72 Å². The lowest BCUT2D eigenvalue weighted by Gasteiger charge is -2.26. The van der Waals surface area contributed by atoms with Crippen molar-refractivity contribution in [2.75, 3.05) is 41.7 Å². The van der Waals surface area contributed by atoms with Crippen molar-refractivity contribution in [3.63, 3.8) is 0 Å². The van der Waals surface area contributed by atoms with Gasteiger partial charge in [-0.15, -0.1) is 0 Å². The third-order valence-corrected chi connectivity index (χ3v) is 7.49. The van der Waals surface area contributed by atoms with E-state index in [4.69, 9.17) is 31.5 Å². The van der Waals surface area contributed by atoms with Gasteiger partial charge in [-0.1, -0.05) is 35.1 Å². The molecule has 1 atom stereocenters.